The van der Waals surface area contributed by atoms with Crippen LogP contribution in [0.1, 0.15) is 29.3 Å². The van der Waals surface area contributed by atoms with E-state index in [1.807, 2.05) is 18.2 Å². The number of alkyl halides is 4. The second kappa shape index (κ2) is 12.5. The molecular weight excluding hydrogens is 506 g/mol. The maximum absolute atomic E-state index is 13.6. The molecule has 0 saturated carbocycles. The number of carbonyl (C=O) groups is 1. The topological polar surface area (TPSA) is 54.0 Å². The molecule has 0 aliphatic carbocycles. The molecule has 37 heavy (non-hydrogen) atoms. The van der Waals surface area contributed by atoms with Gasteiger partial charge in [0, 0.05) is 19.2 Å². The summed E-state index contributed by atoms with van der Waals surface area (Å²) >= 11 is 6.04. The number of hydrogen-bond donors (Lipinski definition) is 2. The lowest BCUT2D eigenvalue weighted by molar-refractivity contribution is -0.137. The van der Waals surface area contributed by atoms with E-state index in [0.29, 0.717) is 10.7 Å². The van der Waals surface area contributed by atoms with Gasteiger partial charge in [-0.15, -0.1) is 0 Å². The lowest BCUT2D eigenvalue weighted by atomic mass is 9.80. The van der Waals surface area contributed by atoms with E-state index in [0.717, 1.165) is 17.7 Å². The fourth-order valence-corrected chi connectivity index (χ4v) is 3.88. The fraction of sp³-hybridized carbons (Fsp3) is 0.214. The first-order chi connectivity index (χ1) is 17.6. The molecule has 0 aliphatic heterocycles. The third-order valence-electron chi connectivity index (χ3n) is 5.49. The number of aromatic nitrogens is 1. The summed E-state index contributed by atoms with van der Waals surface area (Å²) in [7, 11) is 0. The van der Waals surface area contributed by atoms with E-state index in [4.69, 9.17) is 11.6 Å². The summed E-state index contributed by atoms with van der Waals surface area (Å²) in [5, 5.41) is 5.89. The summed E-state index contributed by atoms with van der Waals surface area (Å²) in [6.45, 7) is 1.50. The van der Waals surface area contributed by atoms with Gasteiger partial charge < -0.3 is 10.6 Å². The van der Waals surface area contributed by atoms with Crippen LogP contribution in [0.3, 0.4) is 0 Å². The minimum atomic E-state index is -4.58. The van der Waals surface area contributed by atoms with Crippen LogP contribution < -0.4 is 10.6 Å². The summed E-state index contributed by atoms with van der Waals surface area (Å²) in [6, 6.07) is 16.4. The van der Waals surface area contributed by atoms with Crippen molar-refractivity contribution >= 4 is 17.6 Å². The molecule has 3 rings (SSSR count). The number of nitrogens with zero attached hydrogens (tertiary/aromatic N) is 1. The zero-order chi connectivity index (χ0) is 26.9. The van der Waals surface area contributed by atoms with Gasteiger partial charge in [-0.2, -0.15) is 13.2 Å². The third-order valence-corrected chi connectivity index (χ3v) is 5.71. The van der Waals surface area contributed by atoms with Crippen LogP contribution >= 0.6 is 11.6 Å². The van der Waals surface area contributed by atoms with Gasteiger partial charge in [0.1, 0.15) is 11.7 Å². The highest BCUT2D eigenvalue weighted by Crippen LogP contribution is 2.37. The van der Waals surface area contributed by atoms with Crippen molar-refractivity contribution in [2.75, 3.05) is 6.54 Å². The molecule has 0 bridgehead atoms. The van der Waals surface area contributed by atoms with Gasteiger partial charge in [-0.1, -0.05) is 78.4 Å². The molecule has 0 aliphatic rings. The average Bonchev–Trinajstić information content (AvgIpc) is 2.86. The standard InChI is InChI=1S/C28H26ClF4N3O/c1-20(30)9-4-3-7-16-34-26(37)36-27(18-21-10-5-2-6-11-21,25-15-14-24(29)19-35-25)22-12-8-13-23(17-22)28(31,32)33/h2-15,17,19-20H,16,18H2,1H3,(H2,34,36,37)/b7-3-,9-4-. The molecule has 0 spiro atoms. The molecule has 0 saturated heterocycles. The number of nitrogens with one attached hydrogen (secondary N) is 2. The molecule has 194 valence electrons. The Balaban J connectivity index is 2.05. The van der Waals surface area contributed by atoms with E-state index in [-0.39, 0.29) is 18.5 Å². The van der Waals surface area contributed by atoms with Crippen LogP contribution in [0.5, 0.6) is 0 Å². The number of rotatable bonds is 9. The van der Waals surface area contributed by atoms with E-state index in [9.17, 15) is 22.4 Å². The summed E-state index contributed by atoms with van der Waals surface area (Å²) in [5.74, 6) is 0. The largest absolute Gasteiger partial charge is 0.416 e. The van der Waals surface area contributed by atoms with Gasteiger partial charge in [-0.05, 0) is 42.3 Å². The second-order valence-electron chi connectivity index (χ2n) is 8.33. The zero-order valence-corrected chi connectivity index (χ0v) is 20.7. The normalized spacial score (nSPS) is 14.4. The first kappa shape index (κ1) is 27.9. The van der Waals surface area contributed by atoms with Gasteiger partial charge in [-0.3, -0.25) is 4.98 Å². The molecule has 2 amide bonds. The number of benzene rings is 2. The van der Waals surface area contributed by atoms with Crippen molar-refractivity contribution in [3.8, 4) is 0 Å². The van der Waals surface area contributed by atoms with Crippen molar-refractivity contribution in [3.05, 3.63) is 125 Å². The van der Waals surface area contributed by atoms with Crippen LogP contribution in [0, 0.1) is 0 Å². The zero-order valence-electron chi connectivity index (χ0n) is 20.0. The molecule has 9 heteroatoms. The van der Waals surface area contributed by atoms with Crippen LogP contribution in [0.15, 0.2) is 97.2 Å². The van der Waals surface area contributed by atoms with Gasteiger partial charge in [0.05, 0.1) is 16.3 Å². The summed E-state index contributed by atoms with van der Waals surface area (Å²) < 4.78 is 53.8. The van der Waals surface area contributed by atoms with Crippen LogP contribution in [0.4, 0.5) is 22.4 Å². The van der Waals surface area contributed by atoms with Gasteiger partial charge in [-0.25, -0.2) is 9.18 Å². The lowest BCUT2D eigenvalue weighted by Gasteiger charge is -2.35. The number of pyridine rings is 1. The number of hydrogen-bond acceptors (Lipinski definition) is 2. The smallest absolute Gasteiger partial charge is 0.335 e. The molecule has 1 aromatic heterocycles. The number of allylic oxidation sites excluding steroid dienone is 3. The number of urea groups is 1. The highest BCUT2D eigenvalue weighted by molar-refractivity contribution is 6.30. The van der Waals surface area contributed by atoms with Crippen molar-refractivity contribution in [3.63, 3.8) is 0 Å². The van der Waals surface area contributed by atoms with E-state index >= 15 is 0 Å². The maximum atomic E-state index is 13.6. The molecule has 0 radical (unpaired) electrons. The molecule has 0 fully saturated rings. The van der Waals surface area contributed by atoms with Crippen molar-refractivity contribution in [1.82, 2.24) is 15.6 Å². The first-order valence-electron chi connectivity index (χ1n) is 11.5. The molecule has 2 atom stereocenters. The summed E-state index contributed by atoms with van der Waals surface area (Å²) in [5.41, 5.74) is -1.04. The first-order valence-corrected chi connectivity index (χ1v) is 11.8. The highest BCUT2D eigenvalue weighted by Gasteiger charge is 2.40. The van der Waals surface area contributed by atoms with Crippen LogP contribution in [0.25, 0.3) is 0 Å². The van der Waals surface area contributed by atoms with E-state index < -0.39 is 29.5 Å². The molecule has 2 N–H and O–H groups in total. The Morgan fingerprint density at radius 1 is 1.03 bits per heavy atom. The number of halogens is 5. The molecule has 4 nitrogen and oxygen atoms in total. The molecule has 3 aromatic rings. The minimum Gasteiger partial charge on any atom is -0.335 e. The number of amides is 2. The minimum absolute atomic E-state index is 0.106. The van der Waals surface area contributed by atoms with Gasteiger partial charge in [0.15, 0.2) is 0 Å². The van der Waals surface area contributed by atoms with Crippen molar-refractivity contribution in [2.45, 2.75) is 31.2 Å². The monoisotopic (exact) mass is 531 g/mol. The Hall–Kier alpha value is -3.65. The Kier molecular flexibility index (Phi) is 9.47. The maximum Gasteiger partial charge on any atom is 0.416 e. The highest BCUT2D eigenvalue weighted by atomic mass is 35.5. The van der Waals surface area contributed by atoms with Crippen molar-refractivity contribution < 1.29 is 22.4 Å². The van der Waals surface area contributed by atoms with Crippen LogP contribution in [-0.4, -0.2) is 23.7 Å². The molecule has 2 aromatic carbocycles. The van der Waals surface area contributed by atoms with Gasteiger partial charge >= 0.3 is 12.2 Å². The molecule has 2 unspecified atom stereocenters. The van der Waals surface area contributed by atoms with Crippen LogP contribution in [0.2, 0.25) is 5.02 Å². The predicted octanol–water partition coefficient (Wildman–Crippen LogP) is 7.01. The van der Waals surface area contributed by atoms with Gasteiger partial charge in [0.2, 0.25) is 0 Å². The van der Waals surface area contributed by atoms with E-state index in [2.05, 4.69) is 15.6 Å². The summed E-state index contributed by atoms with van der Waals surface area (Å²) in [6.07, 6.45) is 1.88. The Morgan fingerprint density at radius 2 is 1.76 bits per heavy atom. The predicted molar refractivity (Wildman–Crippen MR) is 137 cm³/mol. The van der Waals surface area contributed by atoms with Crippen molar-refractivity contribution in [1.29, 1.82) is 0 Å². The SMILES string of the molecule is CC(F)/C=C\C=C/CNC(=O)NC(Cc1ccccc1)(c1cccc(C(F)(F)F)c1)c1ccc(Cl)cn1. The van der Waals surface area contributed by atoms with E-state index in [1.54, 1.807) is 36.4 Å². The second-order valence-corrected chi connectivity index (χ2v) is 8.77. The fourth-order valence-electron chi connectivity index (χ4n) is 3.77. The Morgan fingerprint density at radius 3 is 2.41 bits per heavy atom. The Bertz CT molecular complexity index is 1230. The molecule has 1 heterocycles. The average molecular weight is 532 g/mol. The van der Waals surface area contributed by atoms with Gasteiger partial charge in [0.25, 0.3) is 0 Å². The number of carbonyl (C=O) groups excluding carboxylic acids is 1. The molecular formula is C28H26ClF4N3O. The Labute approximate surface area is 218 Å². The van der Waals surface area contributed by atoms with Crippen LogP contribution in [-0.2, 0) is 18.1 Å². The van der Waals surface area contributed by atoms with Crippen molar-refractivity contribution in [2.24, 2.45) is 0 Å². The lowest BCUT2D eigenvalue weighted by Crippen LogP contribution is -2.52. The van der Waals surface area contributed by atoms with E-state index in [1.165, 1.54) is 37.4 Å². The third kappa shape index (κ3) is 7.92. The summed E-state index contributed by atoms with van der Waals surface area (Å²) in [4.78, 5) is 17.5. The quantitative estimate of drug-likeness (QED) is 0.230.